The van der Waals surface area contributed by atoms with E-state index < -0.39 is 0 Å². The van der Waals surface area contributed by atoms with Crippen LogP contribution in [-0.2, 0) is 0 Å². The van der Waals surface area contributed by atoms with Gasteiger partial charge in [0.15, 0.2) is 0 Å². The van der Waals surface area contributed by atoms with Crippen molar-refractivity contribution in [3.63, 3.8) is 0 Å². The lowest BCUT2D eigenvalue weighted by Gasteiger charge is -2.32. The molecule has 1 saturated heterocycles. The molecule has 1 aliphatic heterocycles. The van der Waals surface area contributed by atoms with Crippen LogP contribution in [0.4, 0.5) is 5.69 Å². The van der Waals surface area contributed by atoms with Gasteiger partial charge in [0.25, 0.3) is 0 Å². The Morgan fingerprint density at radius 1 is 1.11 bits per heavy atom. The Morgan fingerprint density at radius 2 is 1.79 bits per heavy atom. The highest BCUT2D eigenvalue weighted by Crippen LogP contribution is 2.15. The first kappa shape index (κ1) is 14.2. The van der Waals surface area contributed by atoms with Crippen molar-refractivity contribution in [2.75, 3.05) is 58.7 Å². The molecule has 0 atom stereocenters. The first-order valence-corrected chi connectivity index (χ1v) is 7.09. The lowest BCUT2D eigenvalue weighted by atomic mass is 10.3. The Bertz CT molecular complexity index is 358. The fraction of sp³-hybridized carbons (Fsp3) is 0.600. The molecule has 4 nitrogen and oxygen atoms in total. The lowest BCUT2D eigenvalue weighted by molar-refractivity contribution is 0.145. The van der Waals surface area contributed by atoms with E-state index in [0.717, 1.165) is 31.0 Å². The van der Waals surface area contributed by atoms with Gasteiger partial charge in [0, 0.05) is 45.5 Å². The first-order valence-electron chi connectivity index (χ1n) is 7.09. The topological polar surface area (TPSA) is 27.7 Å². The summed E-state index contributed by atoms with van der Waals surface area (Å²) in [6.07, 6.45) is 1.09. The number of nitrogens with one attached hydrogen (secondary N) is 1. The zero-order chi connectivity index (χ0) is 13.5. The summed E-state index contributed by atoms with van der Waals surface area (Å²) in [4.78, 5) is 4.91. The molecule has 0 spiro atoms. The summed E-state index contributed by atoms with van der Waals surface area (Å²) in [7, 11) is 4.11. The molecule has 0 saturated carbocycles. The first-order chi connectivity index (χ1) is 9.28. The molecule has 0 aliphatic carbocycles. The average molecular weight is 263 g/mol. The van der Waals surface area contributed by atoms with Gasteiger partial charge < -0.3 is 19.9 Å². The van der Waals surface area contributed by atoms with Crippen LogP contribution in [0.1, 0.15) is 6.42 Å². The van der Waals surface area contributed by atoms with Crippen molar-refractivity contribution < 1.29 is 4.74 Å². The highest BCUT2D eigenvalue weighted by atomic mass is 16.5. The molecular weight excluding hydrogens is 238 g/mol. The molecule has 1 aromatic rings. The van der Waals surface area contributed by atoms with E-state index in [4.69, 9.17) is 4.74 Å². The van der Waals surface area contributed by atoms with E-state index in [-0.39, 0.29) is 0 Å². The second-order valence-electron chi connectivity index (χ2n) is 5.12. The molecular formula is C15H25N3O. The molecule has 4 heteroatoms. The van der Waals surface area contributed by atoms with Gasteiger partial charge in [-0.05, 0) is 37.7 Å². The molecule has 1 heterocycles. The summed E-state index contributed by atoms with van der Waals surface area (Å²) >= 11 is 0. The van der Waals surface area contributed by atoms with Crippen molar-refractivity contribution in [1.82, 2.24) is 9.80 Å². The van der Waals surface area contributed by atoms with Crippen LogP contribution in [-0.4, -0.2) is 63.2 Å². The molecule has 2 rings (SSSR count). The van der Waals surface area contributed by atoms with Gasteiger partial charge >= 0.3 is 0 Å². The number of ether oxygens (including phenoxy) is 1. The molecule has 19 heavy (non-hydrogen) atoms. The molecule has 1 aliphatic rings. The molecule has 0 radical (unpaired) electrons. The third-order valence-electron chi connectivity index (χ3n) is 3.63. The number of rotatable bonds is 6. The molecule has 1 aromatic carbocycles. The molecule has 1 N–H and O–H groups in total. The lowest BCUT2D eigenvalue weighted by Crippen LogP contribution is -2.44. The van der Waals surface area contributed by atoms with Crippen molar-refractivity contribution >= 4 is 5.69 Å². The second kappa shape index (κ2) is 7.36. The summed E-state index contributed by atoms with van der Waals surface area (Å²) in [6, 6.07) is 8.11. The van der Waals surface area contributed by atoms with Crippen molar-refractivity contribution in [3.8, 4) is 5.75 Å². The van der Waals surface area contributed by atoms with Crippen LogP contribution in [0.15, 0.2) is 24.3 Å². The van der Waals surface area contributed by atoms with Crippen molar-refractivity contribution in [3.05, 3.63) is 24.3 Å². The second-order valence-corrected chi connectivity index (χ2v) is 5.12. The minimum Gasteiger partial charge on any atom is -0.494 e. The van der Waals surface area contributed by atoms with Gasteiger partial charge in [0.05, 0.1) is 6.61 Å². The zero-order valence-electron chi connectivity index (χ0n) is 12.1. The van der Waals surface area contributed by atoms with Gasteiger partial charge in [-0.15, -0.1) is 0 Å². The predicted molar refractivity (Wildman–Crippen MR) is 80.0 cm³/mol. The van der Waals surface area contributed by atoms with E-state index in [1.165, 1.54) is 26.2 Å². The van der Waals surface area contributed by atoms with E-state index in [2.05, 4.69) is 22.2 Å². The molecule has 0 amide bonds. The van der Waals surface area contributed by atoms with Crippen molar-refractivity contribution in [2.24, 2.45) is 0 Å². The molecule has 0 unspecified atom stereocenters. The Labute approximate surface area is 116 Å². The normalized spacial score (nSPS) is 17.4. The van der Waals surface area contributed by atoms with Gasteiger partial charge in [-0.2, -0.15) is 0 Å². The fourth-order valence-electron chi connectivity index (χ4n) is 2.27. The van der Waals surface area contributed by atoms with E-state index in [0.29, 0.717) is 0 Å². The molecule has 0 bridgehead atoms. The number of anilines is 1. The summed E-state index contributed by atoms with van der Waals surface area (Å²) in [5.74, 6) is 0.956. The largest absolute Gasteiger partial charge is 0.494 e. The third-order valence-corrected chi connectivity index (χ3v) is 3.63. The van der Waals surface area contributed by atoms with Crippen LogP contribution in [0.25, 0.3) is 0 Å². The number of benzene rings is 1. The van der Waals surface area contributed by atoms with Crippen LogP contribution in [0.3, 0.4) is 0 Å². The van der Waals surface area contributed by atoms with Gasteiger partial charge in [0.2, 0.25) is 0 Å². The minimum atomic E-state index is 0.797. The SMILES string of the molecule is CNc1ccc(OCCCN2CCN(C)CC2)cc1. The summed E-state index contributed by atoms with van der Waals surface area (Å²) in [6.45, 7) is 6.69. The maximum Gasteiger partial charge on any atom is 0.119 e. The fourth-order valence-corrected chi connectivity index (χ4v) is 2.27. The van der Waals surface area contributed by atoms with Crippen LogP contribution >= 0.6 is 0 Å². The van der Waals surface area contributed by atoms with Crippen LogP contribution < -0.4 is 10.1 Å². The Hall–Kier alpha value is -1.26. The number of hydrogen-bond donors (Lipinski definition) is 1. The van der Waals surface area contributed by atoms with Crippen LogP contribution in [0.5, 0.6) is 5.75 Å². The van der Waals surface area contributed by atoms with E-state index in [9.17, 15) is 0 Å². The molecule has 106 valence electrons. The minimum absolute atomic E-state index is 0.797. The summed E-state index contributed by atoms with van der Waals surface area (Å²) in [5, 5.41) is 3.10. The van der Waals surface area contributed by atoms with E-state index in [1.807, 2.05) is 31.3 Å². The monoisotopic (exact) mass is 263 g/mol. The quantitative estimate of drug-likeness (QED) is 0.791. The van der Waals surface area contributed by atoms with Crippen molar-refractivity contribution in [2.45, 2.75) is 6.42 Å². The van der Waals surface area contributed by atoms with Crippen LogP contribution in [0.2, 0.25) is 0 Å². The predicted octanol–water partition coefficient (Wildman–Crippen LogP) is 1.74. The number of likely N-dealkylation sites (N-methyl/N-ethyl adjacent to an activating group) is 1. The maximum absolute atomic E-state index is 5.75. The Kier molecular flexibility index (Phi) is 5.48. The molecule has 1 fully saturated rings. The highest BCUT2D eigenvalue weighted by Gasteiger charge is 2.12. The van der Waals surface area contributed by atoms with Gasteiger partial charge in [-0.3, -0.25) is 0 Å². The number of piperazine rings is 1. The summed E-state index contributed by atoms with van der Waals surface area (Å²) < 4.78 is 5.75. The van der Waals surface area contributed by atoms with Crippen LogP contribution in [0, 0.1) is 0 Å². The van der Waals surface area contributed by atoms with E-state index >= 15 is 0 Å². The third kappa shape index (κ3) is 4.73. The average Bonchev–Trinajstić information content (AvgIpc) is 2.46. The smallest absolute Gasteiger partial charge is 0.119 e. The Balaban J connectivity index is 1.61. The maximum atomic E-state index is 5.75. The van der Waals surface area contributed by atoms with Crippen molar-refractivity contribution in [1.29, 1.82) is 0 Å². The van der Waals surface area contributed by atoms with Gasteiger partial charge in [0.1, 0.15) is 5.75 Å². The Morgan fingerprint density at radius 3 is 2.42 bits per heavy atom. The van der Waals surface area contributed by atoms with E-state index in [1.54, 1.807) is 0 Å². The zero-order valence-corrected chi connectivity index (χ0v) is 12.1. The highest BCUT2D eigenvalue weighted by molar-refractivity contribution is 5.45. The molecule has 0 aromatic heterocycles. The standard InChI is InChI=1S/C15H25N3O/c1-16-14-4-6-15(7-5-14)19-13-3-8-18-11-9-17(2)10-12-18/h4-7,16H,3,8-13H2,1-2H3. The summed E-state index contributed by atoms with van der Waals surface area (Å²) in [5.41, 5.74) is 1.12. The van der Waals surface area contributed by atoms with Gasteiger partial charge in [-0.1, -0.05) is 0 Å². The number of nitrogens with zero attached hydrogens (tertiary/aromatic N) is 2. The van der Waals surface area contributed by atoms with Gasteiger partial charge in [-0.25, -0.2) is 0 Å². The number of hydrogen-bond acceptors (Lipinski definition) is 4.